The highest BCUT2D eigenvalue weighted by Gasteiger charge is 2.08. The molecule has 5 heteroatoms. The number of benzene rings is 2. The van der Waals surface area contributed by atoms with Crippen LogP contribution < -0.4 is 0 Å². The van der Waals surface area contributed by atoms with E-state index >= 15 is 0 Å². The van der Waals surface area contributed by atoms with Crippen LogP contribution >= 0.6 is 0 Å². The van der Waals surface area contributed by atoms with Crippen LogP contribution in [0.5, 0.6) is 0 Å². The second kappa shape index (κ2) is 4.61. The molecule has 1 heterocycles. The number of para-hydroxylation sites is 1. The molecular weight excluding hydrogens is 248 g/mol. The minimum absolute atomic E-state index is 0.315. The molecule has 0 amide bonds. The molecule has 0 aliphatic carbocycles. The first-order chi connectivity index (χ1) is 9.24. The molecule has 2 aromatic carbocycles. The van der Waals surface area contributed by atoms with Gasteiger partial charge in [-0.25, -0.2) is 13.5 Å². The molecule has 0 N–H and O–H groups in total. The molecule has 0 spiro atoms. The van der Waals surface area contributed by atoms with Gasteiger partial charge in [-0.2, -0.15) is 0 Å². The van der Waals surface area contributed by atoms with Crippen molar-refractivity contribution in [2.45, 2.75) is 0 Å². The topological polar surface area (TPSA) is 30.7 Å². The van der Waals surface area contributed by atoms with Crippen LogP contribution in [0.4, 0.5) is 8.78 Å². The minimum atomic E-state index is -0.377. The van der Waals surface area contributed by atoms with Crippen molar-refractivity contribution in [2.24, 2.45) is 0 Å². The van der Waals surface area contributed by atoms with Crippen LogP contribution in [0, 0.1) is 11.6 Å². The smallest absolute Gasteiger partial charge is 0.148 e. The fourth-order valence-corrected chi connectivity index (χ4v) is 1.77. The molecule has 94 valence electrons. The molecule has 0 atom stereocenters. The van der Waals surface area contributed by atoms with Gasteiger partial charge >= 0.3 is 0 Å². The zero-order valence-electron chi connectivity index (χ0n) is 9.79. The summed E-state index contributed by atoms with van der Waals surface area (Å²) >= 11 is 0. The maximum Gasteiger partial charge on any atom is 0.148 e. The maximum absolute atomic E-state index is 13.6. The number of hydrogen-bond acceptors (Lipinski definition) is 2. The van der Waals surface area contributed by atoms with Gasteiger partial charge in [-0.15, -0.1) is 5.10 Å². The summed E-state index contributed by atoms with van der Waals surface area (Å²) in [5, 5.41) is 7.84. The fourth-order valence-electron chi connectivity index (χ4n) is 1.77. The van der Waals surface area contributed by atoms with Crippen molar-refractivity contribution in [3.8, 4) is 16.9 Å². The Kier molecular flexibility index (Phi) is 2.79. The highest BCUT2D eigenvalue weighted by Crippen LogP contribution is 2.19. The van der Waals surface area contributed by atoms with Crippen LogP contribution in [0.3, 0.4) is 0 Å². The Bertz CT molecular complexity index is 705. The Morgan fingerprint density at radius 3 is 2.37 bits per heavy atom. The van der Waals surface area contributed by atoms with Gasteiger partial charge in [-0.3, -0.25) is 0 Å². The Labute approximate surface area is 108 Å². The summed E-state index contributed by atoms with van der Waals surface area (Å²) in [6.45, 7) is 0. The van der Waals surface area contributed by atoms with Crippen LogP contribution in [0.25, 0.3) is 16.9 Å². The lowest BCUT2D eigenvalue weighted by Gasteiger charge is -2.00. The normalized spacial score (nSPS) is 10.6. The summed E-state index contributed by atoms with van der Waals surface area (Å²) in [5.74, 6) is -0.691. The number of halogens is 2. The third-order valence-corrected chi connectivity index (χ3v) is 2.73. The zero-order chi connectivity index (χ0) is 13.2. The van der Waals surface area contributed by atoms with Gasteiger partial charge in [0.2, 0.25) is 0 Å². The van der Waals surface area contributed by atoms with Crippen LogP contribution in [0.15, 0.2) is 54.7 Å². The van der Waals surface area contributed by atoms with Gasteiger partial charge in [-0.05, 0) is 36.4 Å². The molecule has 0 saturated carbocycles. The number of hydrogen-bond donors (Lipinski definition) is 0. The van der Waals surface area contributed by atoms with Crippen molar-refractivity contribution in [1.29, 1.82) is 0 Å². The molecule has 0 radical (unpaired) electrons. The standard InChI is InChI=1S/C14H9F2N3/c15-11-7-5-10(6-8-11)13-9-19(18-17-13)14-4-2-1-3-12(14)16/h1-9H. The van der Waals surface area contributed by atoms with E-state index in [1.165, 1.54) is 22.9 Å². The number of nitrogens with zero attached hydrogens (tertiary/aromatic N) is 3. The predicted octanol–water partition coefficient (Wildman–Crippen LogP) is 3.21. The van der Waals surface area contributed by atoms with E-state index in [4.69, 9.17) is 0 Å². The monoisotopic (exact) mass is 257 g/mol. The van der Waals surface area contributed by atoms with E-state index in [-0.39, 0.29) is 11.6 Å². The summed E-state index contributed by atoms with van der Waals surface area (Å²) in [4.78, 5) is 0. The second-order valence-electron chi connectivity index (χ2n) is 4.01. The first kappa shape index (κ1) is 11.5. The lowest BCUT2D eigenvalue weighted by atomic mass is 10.2. The van der Waals surface area contributed by atoms with Crippen molar-refractivity contribution in [3.63, 3.8) is 0 Å². The molecule has 0 aliphatic heterocycles. The molecule has 3 aromatic rings. The lowest BCUT2D eigenvalue weighted by molar-refractivity contribution is 0.607. The van der Waals surface area contributed by atoms with Crippen molar-refractivity contribution in [2.75, 3.05) is 0 Å². The first-order valence-electron chi connectivity index (χ1n) is 5.67. The largest absolute Gasteiger partial charge is 0.217 e. The Morgan fingerprint density at radius 1 is 0.895 bits per heavy atom. The highest BCUT2D eigenvalue weighted by molar-refractivity contribution is 5.58. The quantitative estimate of drug-likeness (QED) is 0.705. The average molecular weight is 257 g/mol. The molecule has 19 heavy (non-hydrogen) atoms. The maximum atomic E-state index is 13.6. The Balaban J connectivity index is 2.00. The van der Waals surface area contributed by atoms with Crippen molar-refractivity contribution < 1.29 is 8.78 Å². The highest BCUT2D eigenvalue weighted by atomic mass is 19.1. The molecule has 0 fully saturated rings. The SMILES string of the molecule is Fc1ccc(-c2cn(-c3ccccc3F)nn2)cc1. The molecule has 0 bridgehead atoms. The van der Waals surface area contributed by atoms with Crippen LogP contribution in [0.2, 0.25) is 0 Å². The third-order valence-electron chi connectivity index (χ3n) is 2.73. The van der Waals surface area contributed by atoms with E-state index in [0.29, 0.717) is 11.4 Å². The van der Waals surface area contributed by atoms with Gasteiger partial charge in [0, 0.05) is 5.56 Å². The van der Waals surface area contributed by atoms with Crippen LogP contribution in [0.1, 0.15) is 0 Å². The van der Waals surface area contributed by atoms with Gasteiger partial charge < -0.3 is 0 Å². The lowest BCUT2D eigenvalue weighted by Crippen LogP contribution is -1.97. The van der Waals surface area contributed by atoms with Crippen LogP contribution in [-0.4, -0.2) is 15.0 Å². The van der Waals surface area contributed by atoms with E-state index in [9.17, 15) is 8.78 Å². The second-order valence-corrected chi connectivity index (χ2v) is 4.01. The van der Waals surface area contributed by atoms with Gasteiger partial charge in [0.05, 0.1) is 6.20 Å². The summed E-state index contributed by atoms with van der Waals surface area (Å²) in [7, 11) is 0. The van der Waals surface area contributed by atoms with E-state index in [1.807, 2.05) is 0 Å². The van der Waals surface area contributed by atoms with Gasteiger partial charge in [0.25, 0.3) is 0 Å². The minimum Gasteiger partial charge on any atom is -0.217 e. The molecule has 0 saturated heterocycles. The molecule has 1 aromatic heterocycles. The first-order valence-corrected chi connectivity index (χ1v) is 5.67. The van der Waals surface area contributed by atoms with Crippen molar-refractivity contribution in [1.82, 2.24) is 15.0 Å². The van der Waals surface area contributed by atoms with E-state index < -0.39 is 0 Å². The fraction of sp³-hybridized carbons (Fsp3) is 0. The molecule has 0 unspecified atom stereocenters. The van der Waals surface area contributed by atoms with E-state index in [2.05, 4.69) is 10.3 Å². The van der Waals surface area contributed by atoms with E-state index in [0.717, 1.165) is 5.56 Å². The number of rotatable bonds is 2. The van der Waals surface area contributed by atoms with Gasteiger partial charge in [0.15, 0.2) is 0 Å². The summed E-state index contributed by atoms with van der Waals surface area (Å²) in [5.41, 5.74) is 1.61. The summed E-state index contributed by atoms with van der Waals surface area (Å²) in [6.07, 6.45) is 1.60. The summed E-state index contributed by atoms with van der Waals surface area (Å²) < 4.78 is 27.8. The van der Waals surface area contributed by atoms with Crippen LogP contribution in [-0.2, 0) is 0 Å². The third kappa shape index (κ3) is 2.22. The Morgan fingerprint density at radius 2 is 1.63 bits per heavy atom. The zero-order valence-corrected chi connectivity index (χ0v) is 9.79. The molecule has 3 nitrogen and oxygen atoms in total. The predicted molar refractivity (Wildman–Crippen MR) is 66.7 cm³/mol. The number of aromatic nitrogens is 3. The van der Waals surface area contributed by atoms with Crippen molar-refractivity contribution in [3.05, 3.63) is 66.4 Å². The summed E-state index contributed by atoms with van der Waals surface area (Å²) in [6, 6.07) is 12.2. The molecule has 0 aliphatic rings. The molecular formula is C14H9F2N3. The van der Waals surface area contributed by atoms with E-state index in [1.54, 1.807) is 36.5 Å². The Hall–Kier alpha value is -2.56. The van der Waals surface area contributed by atoms with Crippen molar-refractivity contribution >= 4 is 0 Å². The van der Waals surface area contributed by atoms with Gasteiger partial charge in [-0.1, -0.05) is 17.3 Å². The molecule has 3 rings (SSSR count). The van der Waals surface area contributed by atoms with Gasteiger partial charge in [0.1, 0.15) is 23.0 Å². The average Bonchev–Trinajstić information content (AvgIpc) is 2.89.